The Morgan fingerprint density at radius 1 is 0.775 bits per heavy atom. The van der Waals surface area contributed by atoms with E-state index in [0.717, 1.165) is 44.2 Å². The quantitative estimate of drug-likeness (QED) is 0.216. The third kappa shape index (κ3) is 3.43. The molecule has 0 atom stereocenters. The lowest BCUT2D eigenvalue weighted by molar-refractivity contribution is -0.633. The number of furan rings is 1. The summed E-state index contributed by atoms with van der Waals surface area (Å²) in [5.41, 5.74) is 11.2. The fourth-order valence-electron chi connectivity index (χ4n) is 6.32. The van der Waals surface area contributed by atoms with Crippen molar-refractivity contribution in [3.05, 3.63) is 95.9 Å². The number of aryl methyl sites for hydroxylation is 2. The van der Waals surface area contributed by atoms with E-state index in [-0.39, 0.29) is 0 Å². The summed E-state index contributed by atoms with van der Waals surface area (Å²) >= 11 is 0. The Bertz CT molecular complexity index is 2070. The largest absolute Gasteiger partial charge is 0.454 e. The predicted molar refractivity (Wildman–Crippen MR) is 163 cm³/mol. The Labute approximate surface area is 233 Å². The topological polar surface area (TPSA) is 47.7 Å². The summed E-state index contributed by atoms with van der Waals surface area (Å²) in [5, 5.41) is 3.10. The lowest BCUT2D eigenvalue weighted by atomic mass is 9.92. The van der Waals surface area contributed by atoms with Gasteiger partial charge in [0.15, 0.2) is 16.6 Å². The molecule has 0 aliphatic carbocycles. The highest BCUT2D eigenvalue weighted by atomic mass is 16.3. The van der Waals surface area contributed by atoms with Crippen molar-refractivity contribution in [2.45, 2.75) is 46.5 Å². The predicted octanol–water partition coefficient (Wildman–Crippen LogP) is 8.52. The second-order valence-corrected chi connectivity index (χ2v) is 11.4. The lowest BCUT2D eigenvalue weighted by Gasteiger charge is -2.18. The summed E-state index contributed by atoms with van der Waals surface area (Å²) < 4.78 is 11.6. The minimum absolute atomic E-state index is 0.363. The standard InChI is InChI=1S/C35H33N4O/c1-20(2)23-10-9-11-24(21(3)4)32(23)39-30-13-8-7-12-29(30)38(6)35(39)31-22(5)14-15-26-25-16-17-28-27(18-36-19-37-28)33(25)40-34(26)31/h7-21H,1-6H3/q+1. The molecule has 40 heavy (non-hydrogen) atoms. The number of aromatic nitrogens is 4. The highest BCUT2D eigenvalue weighted by Crippen LogP contribution is 2.42. The average Bonchev–Trinajstić information content (AvgIpc) is 3.48. The fraction of sp³-hybridized carbons (Fsp3) is 0.229. The van der Waals surface area contributed by atoms with Crippen molar-refractivity contribution < 1.29 is 8.98 Å². The van der Waals surface area contributed by atoms with Gasteiger partial charge in [-0.2, -0.15) is 4.57 Å². The number of hydrogen-bond donors (Lipinski definition) is 0. The van der Waals surface area contributed by atoms with Crippen LogP contribution in [0.25, 0.3) is 61.0 Å². The molecule has 0 saturated heterocycles. The van der Waals surface area contributed by atoms with Crippen LogP contribution < -0.4 is 4.57 Å². The van der Waals surface area contributed by atoms with Crippen molar-refractivity contribution >= 4 is 43.9 Å². The molecule has 5 nitrogen and oxygen atoms in total. The van der Waals surface area contributed by atoms with E-state index in [1.165, 1.54) is 33.4 Å². The maximum atomic E-state index is 6.82. The van der Waals surface area contributed by atoms with E-state index in [0.29, 0.717) is 11.8 Å². The molecule has 3 aromatic heterocycles. The van der Waals surface area contributed by atoms with Crippen LogP contribution in [-0.2, 0) is 7.05 Å². The number of imidazole rings is 1. The zero-order valence-corrected chi connectivity index (χ0v) is 23.9. The van der Waals surface area contributed by atoms with Crippen LogP contribution >= 0.6 is 0 Å². The third-order valence-corrected chi connectivity index (χ3v) is 8.30. The molecule has 0 radical (unpaired) electrons. The normalized spacial score (nSPS) is 12.2. The lowest BCUT2D eigenvalue weighted by Crippen LogP contribution is -2.30. The highest BCUT2D eigenvalue weighted by Gasteiger charge is 2.33. The van der Waals surface area contributed by atoms with Crippen LogP contribution in [0.3, 0.4) is 0 Å². The number of nitrogens with zero attached hydrogens (tertiary/aromatic N) is 4. The first-order valence-corrected chi connectivity index (χ1v) is 14.0. The van der Waals surface area contributed by atoms with Gasteiger partial charge in [0.1, 0.15) is 23.2 Å². The molecule has 3 heterocycles. The zero-order chi connectivity index (χ0) is 27.7. The average molecular weight is 526 g/mol. The van der Waals surface area contributed by atoms with E-state index in [1.807, 2.05) is 6.20 Å². The summed E-state index contributed by atoms with van der Waals surface area (Å²) in [6.07, 6.45) is 3.44. The SMILES string of the molecule is Cc1ccc2c(oc3c4cncnc4ccc23)c1-c1n(-c2c(C(C)C)cccc2C(C)C)c2ccccc2[n+]1C. The van der Waals surface area contributed by atoms with E-state index in [2.05, 4.69) is 127 Å². The molecule has 5 heteroatoms. The van der Waals surface area contributed by atoms with Crippen molar-refractivity contribution in [1.29, 1.82) is 0 Å². The number of hydrogen-bond acceptors (Lipinski definition) is 3. The Morgan fingerprint density at radius 3 is 2.23 bits per heavy atom. The van der Waals surface area contributed by atoms with Gasteiger partial charge in [-0.3, -0.25) is 0 Å². The number of benzene rings is 4. The van der Waals surface area contributed by atoms with Gasteiger partial charge < -0.3 is 4.42 Å². The van der Waals surface area contributed by atoms with Gasteiger partial charge in [0, 0.05) is 28.1 Å². The Balaban J connectivity index is 1.68. The van der Waals surface area contributed by atoms with Crippen molar-refractivity contribution in [2.24, 2.45) is 7.05 Å². The van der Waals surface area contributed by atoms with Gasteiger partial charge in [-0.1, -0.05) is 70.2 Å². The summed E-state index contributed by atoms with van der Waals surface area (Å²) in [5.74, 6) is 1.84. The van der Waals surface area contributed by atoms with E-state index < -0.39 is 0 Å². The van der Waals surface area contributed by atoms with Gasteiger partial charge in [0.2, 0.25) is 0 Å². The van der Waals surface area contributed by atoms with Gasteiger partial charge in [-0.15, -0.1) is 0 Å². The molecule has 0 amide bonds. The molecular formula is C35H33N4O+. The zero-order valence-electron chi connectivity index (χ0n) is 23.9. The van der Waals surface area contributed by atoms with Crippen LogP contribution in [0.2, 0.25) is 0 Å². The summed E-state index contributed by atoms with van der Waals surface area (Å²) in [6, 6.07) is 24.1. The monoisotopic (exact) mass is 525 g/mol. The molecule has 0 unspecified atom stereocenters. The summed E-state index contributed by atoms with van der Waals surface area (Å²) in [7, 11) is 2.17. The van der Waals surface area contributed by atoms with Crippen molar-refractivity contribution in [1.82, 2.24) is 14.5 Å². The Hall–Kier alpha value is -4.51. The van der Waals surface area contributed by atoms with E-state index in [4.69, 9.17) is 4.42 Å². The Morgan fingerprint density at radius 2 is 1.48 bits per heavy atom. The molecule has 0 fully saturated rings. The van der Waals surface area contributed by atoms with Crippen molar-refractivity contribution in [3.63, 3.8) is 0 Å². The first kappa shape index (κ1) is 24.5. The molecule has 0 saturated carbocycles. The minimum Gasteiger partial charge on any atom is -0.454 e. The van der Waals surface area contributed by atoms with Gasteiger partial charge in [-0.25, -0.2) is 14.5 Å². The molecule has 7 rings (SSSR count). The second-order valence-electron chi connectivity index (χ2n) is 11.4. The van der Waals surface area contributed by atoms with Crippen LogP contribution in [0.1, 0.15) is 56.2 Å². The maximum absolute atomic E-state index is 6.82. The van der Waals surface area contributed by atoms with Crippen LogP contribution in [0.4, 0.5) is 0 Å². The molecule has 198 valence electrons. The van der Waals surface area contributed by atoms with Gasteiger partial charge in [-0.05, 0) is 48.6 Å². The highest BCUT2D eigenvalue weighted by molar-refractivity contribution is 6.16. The molecule has 0 N–H and O–H groups in total. The molecule has 0 spiro atoms. The smallest absolute Gasteiger partial charge is 0.299 e. The van der Waals surface area contributed by atoms with Crippen LogP contribution in [-0.4, -0.2) is 14.5 Å². The number of rotatable bonds is 4. The van der Waals surface area contributed by atoms with Gasteiger partial charge >= 0.3 is 0 Å². The fourth-order valence-corrected chi connectivity index (χ4v) is 6.32. The van der Waals surface area contributed by atoms with Crippen molar-refractivity contribution in [2.75, 3.05) is 0 Å². The van der Waals surface area contributed by atoms with E-state index in [1.54, 1.807) is 6.33 Å². The molecule has 0 bridgehead atoms. The third-order valence-electron chi connectivity index (χ3n) is 8.30. The van der Waals surface area contributed by atoms with Crippen LogP contribution in [0, 0.1) is 6.92 Å². The molecule has 7 aromatic rings. The first-order chi connectivity index (χ1) is 19.4. The van der Waals surface area contributed by atoms with Crippen molar-refractivity contribution in [3.8, 4) is 17.1 Å². The molecular weight excluding hydrogens is 492 g/mol. The maximum Gasteiger partial charge on any atom is 0.299 e. The van der Waals surface area contributed by atoms with E-state index >= 15 is 0 Å². The molecule has 0 aliphatic rings. The summed E-state index contributed by atoms with van der Waals surface area (Å²) in [6.45, 7) is 11.3. The minimum atomic E-state index is 0.363. The number of fused-ring (bicyclic) bond motifs is 6. The first-order valence-electron chi connectivity index (χ1n) is 14.0. The van der Waals surface area contributed by atoms with E-state index in [9.17, 15) is 0 Å². The number of para-hydroxylation sites is 3. The molecule has 4 aromatic carbocycles. The van der Waals surface area contributed by atoms with Crippen LogP contribution in [0.5, 0.6) is 0 Å². The van der Waals surface area contributed by atoms with Gasteiger partial charge in [0.25, 0.3) is 5.82 Å². The summed E-state index contributed by atoms with van der Waals surface area (Å²) in [4.78, 5) is 8.77. The second kappa shape index (κ2) is 9.02. The molecule has 0 aliphatic heterocycles. The van der Waals surface area contributed by atoms with Gasteiger partial charge in [0.05, 0.1) is 18.0 Å². The Kier molecular flexibility index (Phi) is 5.53. The van der Waals surface area contributed by atoms with Crippen LogP contribution in [0.15, 0.2) is 83.7 Å².